The zero-order chi connectivity index (χ0) is 21.3. The molecule has 3 rings (SSSR count). The van der Waals surface area contributed by atoms with Gasteiger partial charge in [0, 0.05) is 42.4 Å². The van der Waals surface area contributed by atoms with E-state index in [9.17, 15) is 0 Å². The van der Waals surface area contributed by atoms with Gasteiger partial charge in [-0.2, -0.15) is 0 Å². The van der Waals surface area contributed by atoms with E-state index in [1.165, 1.54) is 16.7 Å². The average molecular weight is 401 g/mol. The van der Waals surface area contributed by atoms with Gasteiger partial charge in [0.05, 0.1) is 0 Å². The van der Waals surface area contributed by atoms with E-state index in [0.717, 1.165) is 48.7 Å². The van der Waals surface area contributed by atoms with E-state index in [1.54, 1.807) is 6.20 Å². The monoisotopic (exact) mass is 400 g/mol. The zero-order valence-electron chi connectivity index (χ0n) is 18.2. The SMILES string of the molecule is CCN(CC)C/C(N)=C(\Cc1ccc(-c2cccnc2)cc1)Nc1ccc(C)cc1. The molecule has 0 amide bonds. The minimum atomic E-state index is 0.758. The second kappa shape index (κ2) is 10.6. The summed E-state index contributed by atoms with van der Waals surface area (Å²) < 4.78 is 0. The van der Waals surface area contributed by atoms with Crippen LogP contribution in [0.2, 0.25) is 0 Å². The normalized spacial score (nSPS) is 12.0. The van der Waals surface area contributed by atoms with Gasteiger partial charge in [0.25, 0.3) is 0 Å². The lowest BCUT2D eigenvalue weighted by atomic mass is 10.0. The quantitative estimate of drug-likeness (QED) is 0.517. The van der Waals surface area contributed by atoms with Crippen molar-refractivity contribution >= 4 is 5.69 Å². The molecule has 0 aliphatic heterocycles. The summed E-state index contributed by atoms with van der Waals surface area (Å²) >= 11 is 0. The highest BCUT2D eigenvalue weighted by Crippen LogP contribution is 2.21. The van der Waals surface area contributed by atoms with Gasteiger partial charge in [-0.3, -0.25) is 9.88 Å². The van der Waals surface area contributed by atoms with Crippen molar-refractivity contribution in [2.75, 3.05) is 25.0 Å². The van der Waals surface area contributed by atoms with E-state index in [2.05, 4.69) is 90.6 Å². The number of pyridine rings is 1. The Balaban J connectivity index is 1.83. The minimum Gasteiger partial charge on any atom is -0.400 e. The molecule has 3 N–H and O–H groups in total. The van der Waals surface area contributed by atoms with Gasteiger partial charge in [-0.1, -0.05) is 61.9 Å². The number of allylic oxidation sites excluding steroid dienone is 1. The molecule has 156 valence electrons. The highest BCUT2D eigenvalue weighted by molar-refractivity contribution is 5.62. The number of likely N-dealkylation sites (N-methyl/N-ethyl adjacent to an activating group) is 1. The number of aryl methyl sites for hydroxylation is 1. The summed E-state index contributed by atoms with van der Waals surface area (Å²) in [6.45, 7) is 9.15. The molecule has 0 aliphatic carbocycles. The zero-order valence-corrected chi connectivity index (χ0v) is 18.2. The van der Waals surface area contributed by atoms with Crippen molar-refractivity contribution in [3.63, 3.8) is 0 Å². The first-order chi connectivity index (χ1) is 14.6. The lowest BCUT2D eigenvalue weighted by Crippen LogP contribution is -2.30. The molecule has 3 aromatic rings. The molecular weight excluding hydrogens is 368 g/mol. The van der Waals surface area contributed by atoms with Crippen LogP contribution >= 0.6 is 0 Å². The maximum absolute atomic E-state index is 6.58. The van der Waals surface area contributed by atoms with Crippen molar-refractivity contribution < 1.29 is 0 Å². The van der Waals surface area contributed by atoms with E-state index >= 15 is 0 Å². The van der Waals surface area contributed by atoms with Crippen molar-refractivity contribution in [1.82, 2.24) is 9.88 Å². The number of benzene rings is 2. The van der Waals surface area contributed by atoms with Crippen LogP contribution in [0.4, 0.5) is 5.69 Å². The molecule has 0 unspecified atom stereocenters. The van der Waals surface area contributed by atoms with E-state index in [1.807, 2.05) is 12.3 Å². The molecule has 0 fully saturated rings. The predicted octanol–water partition coefficient (Wildman–Crippen LogP) is 5.22. The molecule has 0 radical (unpaired) electrons. The van der Waals surface area contributed by atoms with Gasteiger partial charge >= 0.3 is 0 Å². The summed E-state index contributed by atoms with van der Waals surface area (Å²) in [5, 5.41) is 3.57. The molecule has 4 heteroatoms. The molecule has 0 bridgehead atoms. The molecule has 30 heavy (non-hydrogen) atoms. The van der Waals surface area contributed by atoms with Crippen molar-refractivity contribution in [1.29, 1.82) is 0 Å². The van der Waals surface area contributed by atoms with Gasteiger partial charge in [0.15, 0.2) is 0 Å². The fraction of sp³-hybridized carbons (Fsp3) is 0.269. The van der Waals surface area contributed by atoms with E-state index in [4.69, 9.17) is 5.73 Å². The van der Waals surface area contributed by atoms with Crippen molar-refractivity contribution in [2.45, 2.75) is 27.2 Å². The lowest BCUT2D eigenvalue weighted by Gasteiger charge is -2.22. The number of nitrogens with zero attached hydrogens (tertiary/aromatic N) is 2. The number of nitrogens with two attached hydrogens (primary N) is 1. The standard InChI is InChI=1S/C26H32N4/c1-4-30(5-2)19-25(27)26(29-24-14-8-20(3)9-15-24)17-21-10-12-22(13-11-21)23-7-6-16-28-18-23/h6-16,18,29H,4-5,17,19,27H2,1-3H3/b26-25-. The maximum Gasteiger partial charge on any atom is 0.0423 e. The van der Waals surface area contributed by atoms with Gasteiger partial charge in [-0.15, -0.1) is 0 Å². The van der Waals surface area contributed by atoms with Crippen LogP contribution in [0.1, 0.15) is 25.0 Å². The highest BCUT2D eigenvalue weighted by Gasteiger charge is 2.10. The Bertz CT molecular complexity index is 941. The predicted molar refractivity (Wildman–Crippen MR) is 127 cm³/mol. The second-order valence-electron chi connectivity index (χ2n) is 7.57. The maximum atomic E-state index is 6.58. The molecule has 1 aromatic heterocycles. The fourth-order valence-corrected chi connectivity index (χ4v) is 3.39. The molecule has 0 spiro atoms. The molecule has 0 aliphatic rings. The van der Waals surface area contributed by atoms with Crippen molar-refractivity contribution in [3.05, 3.63) is 95.6 Å². The fourth-order valence-electron chi connectivity index (χ4n) is 3.39. The van der Waals surface area contributed by atoms with Crippen molar-refractivity contribution in [2.24, 2.45) is 5.73 Å². The van der Waals surface area contributed by atoms with Gasteiger partial charge in [0.2, 0.25) is 0 Å². The van der Waals surface area contributed by atoms with Gasteiger partial charge < -0.3 is 11.1 Å². The van der Waals surface area contributed by atoms with Crippen LogP contribution in [0.25, 0.3) is 11.1 Å². The molecule has 0 atom stereocenters. The molecular formula is C26H32N4. The Morgan fingerprint density at radius 1 is 0.933 bits per heavy atom. The second-order valence-corrected chi connectivity index (χ2v) is 7.57. The van der Waals surface area contributed by atoms with Gasteiger partial charge in [-0.05, 0) is 54.9 Å². The first-order valence-corrected chi connectivity index (χ1v) is 10.6. The Kier molecular flexibility index (Phi) is 7.63. The Hall–Kier alpha value is -3.11. The van der Waals surface area contributed by atoms with Crippen LogP contribution in [0.5, 0.6) is 0 Å². The molecule has 1 heterocycles. The summed E-state index contributed by atoms with van der Waals surface area (Å²) in [5.41, 5.74) is 14.3. The summed E-state index contributed by atoms with van der Waals surface area (Å²) in [5.74, 6) is 0. The van der Waals surface area contributed by atoms with Crippen LogP contribution < -0.4 is 11.1 Å². The van der Waals surface area contributed by atoms with E-state index in [0.29, 0.717) is 0 Å². The van der Waals surface area contributed by atoms with E-state index in [-0.39, 0.29) is 0 Å². The number of rotatable bonds is 9. The van der Waals surface area contributed by atoms with Crippen LogP contribution in [0, 0.1) is 6.92 Å². The Labute approximate surface area is 180 Å². The number of aromatic nitrogens is 1. The number of hydrogen-bond acceptors (Lipinski definition) is 4. The van der Waals surface area contributed by atoms with Crippen LogP contribution in [0.15, 0.2) is 84.5 Å². The highest BCUT2D eigenvalue weighted by atomic mass is 15.1. The largest absolute Gasteiger partial charge is 0.400 e. The number of hydrogen-bond donors (Lipinski definition) is 2. The number of nitrogens with one attached hydrogen (secondary N) is 1. The summed E-state index contributed by atoms with van der Waals surface area (Å²) in [4.78, 5) is 6.54. The summed E-state index contributed by atoms with van der Waals surface area (Å²) in [7, 11) is 0. The lowest BCUT2D eigenvalue weighted by molar-refractivity contribution is 0.327. The Morgan fingerprint density at radius 2 is 1.63 bits per heavy atom. The molecule has 0 saturated carbocycles. The molecule has 4 nitrogen and oxygen atoms in total. The average Bonchev–Trinajstić information content (AvgIpc) is 2.79. The van der Waals surface area contributed by atoms with Crippen molar-refractivity contribution in [3.8, 4) is 11.1 Å². The number of anilines is 1. The smallest absolute Gasteiger partial charge is 0.0423 e. The summed E-state index contributed by atoms with van der Waals surface area (Å²) in [6, 6.07) is 21.1. The minimum absolute atomic E-state index is 0.758. The third kappa shape index (κ3) is 5.94. The van der Waals surface area contributed by atoms with Gasteiger partial charge in [-0.25, -0.2) is 0 Å². The Morgan fingerprint density at radius 3 is 2.23 bits per heavy atom. The topological polar surface area (TPSA) is 54.2 Å². The van der Waals surface area contributed by atoms with E-state index < -0.39 is 0 Å². The van der Waals surface area contributed by atoms with Crippen LogP contribution in [-0.2, 0) is 6.42 Å². The first kappa shape index (κ1) is 21.6. The first-order valence-electron chi connectivity index (χ1n) is 10.6. The van der Waals surface area contributed by atoms with Crippen LogP contribution in [-0.4, -0.2) is 29.5 Å². The van der Waals surface area contributed by atoms with Crippen LogP contribution in [0.3, 0.4) is 0 Å². The third-order valence-corrected chi connectivity index (χ3v) is 5.35. The third-order valence-electron chi connectivity index (χ3n) is 5.35. The molecule has 2 aromatic carbocycles. The van der Waals surface area contributed by atoms with Gasteiger partial charge in [0.1, 0.15) is 0 Å². The summed E-state index contributed by atoms with van der Waals surface area (Å²) in [6.07, 6.45) is 4.44. The molecule has 0 saturated heterocycles.